The number of unbranched alkanes of at least 4 members (excludes halogenated alkanes) is 1. The van der Waals surface area contributed by atoms with Gasteiger partial charge in [-0.05, 0) is 43.2 Å². The zero-order chi connectivity index (χ0) is 11.9. The fourth-order valence-corrected chi connectivity index (χ4v) is 3.33. The second-order valence-electron chi connectivity index (χ2n) is 4.38. The average Bonchev–Trinajstić information content (AvgIpc) is 2.39. The average molecular weight is 251 g/mol. The molecule has 0 spiro atoms. The Morgan fingerprint density at radius 2 is 2.24 bits per heavy atom. The van der Waals surface area contributed by atoms with E-state index in [0.29, 0.717) is 6.04 Å². The number of thioether (sulfide) groups is 1. The van der Waals surface area contributed by atoms with Crippen LogP contribution in [0, 0.1) is 0 Å². The Bertz CT molecular complexity index is 343. The van der Waals surface area contributed by atoms with Gasteiger partial charge in [0.15, 0.2) is 0 Å². The zero-order valence-corrected chi connectivity index (χ0v) is 11.3. The van der Waals surface area contributed by atoms with Crippen LogP contribution in [0.4, 0.5) is 0 Å². The molecule has 1 atom stereocenters. The predicted molar refractivity (Wildman–Crippen MR) is 73.6 cm³/mol. The first-order valence-electron chi connectivity index (χ1n) is 6.36. The quantitative estimate of drug-likeness (QED) is 0.784. The highest BCUT2D eigenvalue weighted by molar-refractivity contribution is 7.99. The Kier molecular flexibility index (Phi) is 5.36. The maximum Gasteiger partial charge on any atom is 0.0462 e. The Morgan fingerprint density at radius 3 is 3.12 bits per heavy atom. The lowest BCUT2D eigenvalue weighted by Gasteiger charge is -2.26. The van der Waals surface area contributed by atoms with E-state index in [1.165, 1.54) is 29.1 Å². The summed E-state index contributed by atoms with van der Waals surface area (Å²) in [4.78, 5) is 1.45. The van der Waals surface area contributed by atoms with Crippen LogP contribution in [0.1, 0.15) is 30.9 Å². The summed E-state index contributed by atoms with van der Waals surface area (Å²) in [6, 6.07) is 9.32. The molecule has 0 saturated heterocycles. The van der Waals surface area contributed by atoms with Crippen LogP contribution < -0.4 is 5.32 Å². The first kappa shape index (κ1) is 12.9. The highest BCUT2D eigenvalue weighted by atomic mass is 32.2. The van der Waals surface area contributed by atoms with Gasteiger partial charge in [-0.15, -0.1) is 11.8 Å². The summed E-state index contributed by atoms with van der Waals surface area (Å²) in [5.74, 6) is 1.23. The zero-order valence-electron chi connectivity index (χ0n) is 10.4. The predicted octanol–water partition coefficient (Wildman–Crippen LogP) is 3.24. The van der Waals surface area contributed by atoms with Crippen LogP contribution in [-0.4, -0.2) is 26.0 Å². The van der Waals surface area contributed by atoms with Crippen molar-refractivity contribution in [3.8, 4) is 0 Å². The molecule has 0 fully saturated rings. The van der Waals surface area contributed by atoms with E-state index < -0.39 is 0 Å². The van der Waals surface area contributed by atoms with Gasteiger partial charge in [0.1, 0.15) is 0 Å². The molecular formula is C14H21NOS. The lowest BCUT2D eigenvalue weighted by molar-refractivity contribution is 0.192. The summed E-state index contributed by atoms with van der Waals surface area (Å²) in [5, 5.41) is 3.67. The molecule has 0 saturated carbocycles. The highest BCUT2D eigenvalue weighted by Crippen LogP contribution is 2.35. The minimum absolute atomic E-state index is 0.551. The third kappa shape index (κ3) is 3.73. The fourth-order valence-electron chi connectivity index (χ4n) is 2.20. The van der Waals surface area contributed by atoms with Crippen molar-refractivity contribution in [1.82, 2.24) is 5.32 Å². The molecule has 1 heterocycles. The van der Waals surface area contributed by atoms with Crippen molar-refractivity contribution in [2.24, 2.45) is 0 Å². The lowest BCUT2D eigenvalue weighted by atomic mass is 10.0. The second kappa shape index (κ2) is 7.04. The number of rotatable bonds is 6. The van der Waals surface area contributed by atoms with Crippen molar-refractivity contribution in [3.63, 3.8) is 0 Å². The van der Waals surface area contributed by atoms with Gasteiger partial charge in [0, 0.05) is 24.7 Å². The van der Waals surface area contributed by atoms with E-state index in [1.54, 1.807) is 7.11 Å². The molecule has 0 aliphatic carbocycles. The van der Waals surface area contributed by atoms with Gasteiger partial charge < -0.3 is 10.1 Å². The molecular weight excluding hydrogens is 230 g/mol. The molecule has 1 N–H and O–H groups in total. The van der Waals surface area contributed by atoms with Crippen molar-refractivity contribution < 1.29 is 4.74 Å². The summed E-state index contributed by atoms with van der Waals surface area (Å²) in [5.41, 5.74) is 1.48. The van der Waals surface area contributed by atoms with E-state index >= 15 is 0 Å². The van der Waals surface area contributed by atoms with Gasteiger partial charge in [-0.3, -0.25) is 0 Å². The standard InChI is InChI=1S/C14H21NOS/c1-16-10-5-4-9-15-13-8-11-17-14-7-3-2-6-12(13)14/h2-3,6-7,13,15H,4-5,8-11H2,1H3. The maximum absolute atomic E-state index is 5.06. The molecule has 2 rings (SSSR count). The molecule has 0 aromatic heterocycles. The molecule has 0 bridgehead atoms. The van der Waals surface area contributed by atoms with Gasteiger partial charge in [-0.2, -0.15) is 0 Å². The van der Waals surface area contributed by atoms with E-state index in [0.717, 1.165) is 19.6 Å². The van der Waals surface area contributed by atoms with Gasteiger partial charge in [-0.25, -0.2) is 0 Å². The minimum Gasteiger partial charge on any atom is -0.385 e. The van der Waals surface area contributed by atoms with Crippen LogP contribution in [0.5, 0.6) is 0 Å². The van der Waals surface area contributed by atoms with Crippen molar-refractivity contribution in [1.29, 1.82) is 0 Å². The van der Waals surface area contributed by atoms with Crippen LogP contribution in [0.2, 0.25) is 0 Å². The molecule has 2 nitrogen and oxygen atoms in total. The summed E-state index contributed by atoms with van der Waals surface area (Å²) >= 11 is 1.98. The Hall–Kier alpha value is -0.510. The number of benzene rings is 1. The second-order valence-corrected chi connectivity index (χ2v) is 5.52. The molecule has 3 heteroatoms. The molecule has 1 aliphatic rings. The normalized spacial score (nSPS) is 19.0. The van der Waals surface area contributed by atoms with Crippen molar-refractivity contribution in [2.45, 2.75) is 30.2 Å². The molecule has 0 radical (unpaired) electrons. The van der Waals surface area contributed by atoms with E-state index in [4.69, 9.17) is 4.74 Å². The summed E-state index contributed by atoms with van der Waals surface area (Å²) in [7, 11) is 1.77. The molecule has 94 valence electrons. The number of ether oxygens (including phenoxy) is 1. The smallest absolute Gasteiger partial charge is 0.0462 e. The van der Waals surface area contributed by atoms with Gasteiger partial charge in [0.05, 0.1) is 0 Å². The molecule has 17 heavy (non-hydrogen) atoms. The van der Waals surface area contributed by atoms with Crippen molar-refractivity contribution in [3.05, 3.63) is 29.8 Å². The molecule has 1 aliphatic heterocycles. The minimum atomic E-state index is 0.551. The largest absolute Gasteiger partial charge is 0.385 e. The number of methoxy groups -OCH3 is 1. The van der Waals surface area contributed by atoms with Gasteiger partial charge in [0.2, 0.25) is 0 Å². The van der Waals surface area contributed by atoms with Crippen molar-refractivity contribution >= 4 is 11.8 Å². The maximum atomic E-state index is 5.06. The monoisotopic (exact) mass is 251 g/mol. The lowest BCUT2D eigenvalue weighted by Crippen LogP contribution is -2.25. The molecule has 0 amide bonds. The van der Waals surface area contributed by atoms with Crippen molar-refractivity contribution in [2.75, 3.05) is 26.0 Å². The molecule has 1 aromatic rings. The van der Waals surface area contributed by atoms with E-state index in [9.17, 15) is 0 Å². The van der Waals surface area contributed by atoms with Crippen LogP contribution in [0.3, 0.4) is 0 Å². The van der Waals surface area contributed by atoms with E-state index in [1.807, 2.05) is 11.8 Å². The van der Waals surface area contributed by atoms with Gasteiger partial charge in [0.25, 0.3) is 0 Å². The molecule has 1 unspecified atom stereocenters. The number of hydrogen-bond donors (Lipinski definition) is 1. The fraction of sp³-hybridized carbons (Fsp3) is 0.571. The third-order valence-corrected chi connectivity index (χ3v) is 4.25. The number of hydrogen-bond acceptors (Lipinski definition) is 3. The Balaban J connectivity index is 1.82. The van der Waals surface area contributed by atoms with E-state index in [-0.39, 0.29) is 0 Å². The number of nitrogens with one attached hydrogen (secondary N) is 1. The first-order valence-corrected chi connectivity index (χ1v) is 7.34. The van der Waals surface area contributed by atoms with Crippen LogP contribution >= 0.6 is 11.8 Å². The summed E-state index contributed by atoms with van der Waals surface area (Å²) in [6.45, 7) is 1.96. The molecule has 1 aromatic carbocycles. The summed E-state index contributed by atoms with van der Waals surface area (Å²) < 4.78 is 5.06. The Labute approximate surface area is 108 Å². The van der Waals surface area contributed by atoms with Gasteiger partial charge >= 0.3 is 0 Å². The van der Waals surface area contributed by atoms with Crippen LogP contribution in [-0.2, 0) is 4.74 Å². The summed E-state index contributed by atoms with van der Waals surface area (Å²) in [6.07, 6.45) is 3.58. The topological polar surface area (TPSA) is 21.3 Å². The Morgan fingerprint density at radius 1 is 1.35 bits per heavy atom. The highest BCUT2D eigenvalue weighted by Gasteiger charge is 2.18. The van der Waals surface area contributed by atoms with Gasteiger partial charge in [-0.1, -0.05) is 18.2 Å². The third-order valence-electron chi connectivity index (χ3n) is 3.12. The van der Waals surface area contributed by atoms with Crippen LogP contribution in [0.25, 0.3) is 0 Å². The first-order chi connectivity index (χ1) is 8.42. The van der Waals surface area contributed by atoms with Crippen LogP contribution in [0.15, 0.2) is 29.2 Å². The number of fused-ring (bicyclic) bond motifs is 1. The van der Waals surface area contributed by atoms with E-state index in [2.05, 4.69) is 29.6 Å². The SMILES string of the molecule is COCCCCNC1CCSc2ccccc21.